The molecule has 2 fully saturated rings. The van der Waals surface area contributed by atoms with E-state index >= 15 is 0 Å². The van der Waals surface area contributed by atoms with Crippen LogP contribution in [0.15, 0.2) is 48.0 Å². The molecule has 1 aliphatic carbocycles. The van der Waals surface area contributed by atoms with E-state index in [-0.39, 0.29) is 49.3 Å². The molecule has 4 aromatic rings. The van der Waals surface area contributed by atoms with Crippen LogP contribution in [-0.4, -0.2) is 108 Å². The number of nitrogens with zero attached hydrogens (tertiary/aromatic N) is 6. The van der Waals surface area contributed by atoms with Crippen LogP contribution in [0.4, 0.5) is 5.69 Å². The summed E-state index contributed by atoms with van der Waals surface area (Å²) in [5.74, 6) is -0.742. The molecule has 2 amide bonds. The Hall–Kier alpha value is -4.63. The average molecular weight is 809 g/mol. The zero-order valence-electron chi connectivity index (χ0n) is 34.7. The van der Waals surface area contributed by atoms with Gasteiger partial charge in [-0.1, -0.05) is 39.0 Å². The maximum atomic E-state index is 14.1. The van der Waals surface area contributed by atoms with E-state index in [1.807, 2.05) is 25.4 Å². The summed E-state index contributed by atoms with van der Waals surface area (Å²) in [4.78, 5) is 56.0. The van der Waals surface area contributed by atoms with E-state index in [1.165, 1.54) is 16.3 Å². The van der Waals surface area contributed by atoms with Crippen molar-refractivity contribution in [2.45, 2.75) is 78.6 Å². The highest BCUT2D eigenvalue weighted by Crippen LogP contribution is 2.43. The Morgan fingerprint density at radius 3 is 2.67 bits per heavy atom. The lowest BCUT2D eigenvalue weighted by molar-refractivity contribution is -0.151. The number of thiazole rings is 1. The lowest BCUT2D eigenvalue weighted by Crippen LogP contribution is -2.59. The molecule has 1 saturated carbocycles. The number of hydrogen-bond acceptors (Lipinski definition) is 11. The first kappa shape index (κ1) is 40.2. The number of carbonyl (C=O) groups excluding carboxylic acids is 3. The summed E-state index contributed by atoms with van der Waals surface area (Å²) < 4.78 is 14.4. The molecule has 308 valence electrons. The SMILES string of the molecule is CCn1c(-c2cc(N3CCN(C)CC3)cnc2C(C)OC)c2c3cc(ccc31)-c1csc(n1)CC(NC(=O)C1CC1C)C(=O)N1CC=CC(N1)C(=O)OCC(C)(C)C2. The summed E-state index contributed by atoms with van der Waals surface area (Å²) in [5, 5.41) is 8.31. The second-order valence-corrected chi connectivity index (χ2v) is 18.2. The number of aromatic nitrogens is 3. The monoisotopic (exact) mass is 808 g/mol. The molecule has 2 N–H and O–H groups in total. The van der Waals surface area contributed by atoms with E-state index in [2.05, 4.69) is 77.2 Å². The lowest BCUT2D eigenvalue weighted by atomic mass is 9.84. The van der Waals surface area contributed by atoms with E-state index in [0.29, 0.717) is 6.42 Å². The number of cyclic esters (lactones) is 1. The highest BCUT2D eigenvalue weighted by atomic mass is 32.1. The van der Waals surface area contributed by atoms with Gasteiger partial charge in [0.25, 0.3) is 5.91 Å². The van der Waals surface area contributed by atoms with Crippen molar-refractivity contribution in [2.75, 3.05) is 58.4 Å². The number of ether oxygens (including phenoxy) is 2. The van der Waals surface area contributed by atoms with Crippen LogP contribution in [0.5, 0.6) is 0 Å². The maximum Gasteiger partial charge on any atom is 0.328 e. The van der Waals surface area contributed by atoms with Gasteiger partial charge in [-0.2, -0.15) is 0 Å². The molecule has 0 radical (unpaired) electrons. The Morgan fingerprint density at radius 2 is 1.95 bits per heavy atom. The van der Waals surface area contributed by atoms with Crippen molar-refractivity contribution >= 4 is 45.7 Å². The molecule has 1 aromatic carbocycles. The van der Waals surface area contributed by atoms with Gasteiger partial charge in [0.1, 0.15) is 12.1 Å². The Balaban J connectivity index is 1.27. The minimum absolute atomic E-state index is 0.104. The summed E-state index contributed by atoms with van der Waals surface area (Å²) in [6.07, 6.45) is 6.88. The zero-order chi connectivity index (χ0) is 40.9. The number of likely N-dealkylation sites (N-methyl/N-ethyl adjacent to an activating group) is 1. The number of fused-ring (bicyclic) bond motifs is 6. The van der Waals surface area contributed by atoms with E-state index in [0.717, 1.165) is 94.5 Å². The second kappa shape index (κ2) is 16.2. The topological polar surface area (TPSA) is 134 Å². The average Bonchev–Trinajstić information content (AvgIpc) is 3.65. The molecule has 14 heteroatoms. The molecule has 5 unspecified atom stereocenters. The normalized spacial score (nSPS) is 24.4. The number of rotatable bonds is 7. The molecular weight excluding hydrogens is 753 g/mol. The van der Waals surface area contributed by atoms with Crippen LogP contribution >= 0.6 is 11.3 Å². The first-order valence-electron chi connectivity index (χ1n) is 20.6. The molecule has 0 spiro atoms. The number of anilines is 1. The predicted octanol–water partition coefficient (Wildman–Crippen LogP) is 5.39. The van der Waals surface area contributed by atoms with Crippen LogP contribution < -0.4 is 15.6 Å². The van der Waals surface area contributed by atoms with Crippen molar-refractivity contribution in [2.24, 2.45) is 17.3 Å². The highest BCUT2D eigenvalue weighted by Gasteiger charge is 2.42. The number of pyridine rings is 1. The Labute approximate surface area is 344 Å². The van der Waals surface area contributed by atoms with Gasteiger partial charge in [-0.25, -0.2) is 15.2 Å². The molecule has 6 heterocycles. The minimum atomic E-state index is -0.861. The molecule has 58 heavy (non-hydrogen) atoms. The molecule has 3 aliphatic heterocycles. The van der Waals surface area contributed by atoms with Crippen LogP contribution in [0, 0.1) is 17.3 Å². The van der Waals surface area contributed by atoms with Crippen LogP contribution in [0.1, 0.15) is 63.4 Å². The number of piperazine rings is 1. The number of hydrogen-bond donors (Lipinski definition) is 2. The van der Waals surface area contributed by atoms with Crippen molar-refractivity contribution < 1.29 is 23.9 Å². The third kappa shape index (κ3) is 8.03. The number of nitrogens with one attached hydrogen (secondary N) is 2. The second-order valence-electron chi connectivity index (χ2n) is 17.2. The summed E-state index contributed by atoms with van der Waals surface area (Å²) in [6.45, 7) is 15.4. The van der Waals surface area contributed by atoms with Crippen molar-refractivity contribution in [1.29, 1.82) is 0 Å². The number of aryl methyl sites for hydroxylation is 1. The third-order valence-corrected chi connectivity index (χ3v) is 13.1. The fraction of sp³-hybridized carbons (Fsp3) is 0.523. The van der Waals surface area contributed by atoms with Crippen LogP contribution in [-0.2, 0) is 43.2 Å². The number of carbonyl (C=O) groups is 3. The van der Waals surface area contributed by atoms with Gasteiger partial charge >= 0.3 is 5.97 Å². The molecule has 13 nitrogen and oxygen atoms in total. The van der Waals surface area contributed by atoms with Crippen molar-refractivity contribution in [3.63, 3.8) is 0 Å². The van der Waals surface area contributed by atoms with E-state index in [9.17, 15) is 14.4 Å². The maximum absolute atomic E-state index is 14.1. The predicted molar refractivity (Wildman–Crippen MR) is 226 cm³/mol. The van der Waals surface area contributed by atoms with Crippen molar-refractivity contribution in [3.8, 4) is 22.5 Å². The molecule has 8 rings (SSSR count). The molecule has 6 bridgehead atoms. The van der Waals surface area contributed by atoms with Gasteiger partial charge in [0.05, 0.1) is 53.2 Å². The lowest BCUT2D eigenvalue weighted by Gasteiger charge is -2.34. The zero-order valence-corrected chi connectivity index (χ0v) is 35.5. The van der Waals surface area contributed by atoms with Gasteiger partial charge in [-0.05, 0) is 63.4 Å². The van der Waals surface area contributed by atoms with E-state index in [1.54, 1.807) is 19.3 Å². The van der Waals surface area contributed by atoms with Crippen molar-refractivity contribution in [3.05, 3.63) is 64.3 Å². The summed E-state index contributed by atoms with van der Waals surface area (Å²) >= 11 is 1.48. The molecule has 5 atom stereocenters. The number of benzene rings is 1. The van der Waals surface area contributed by atoms with Crippen LogP contribution in [0.3, 0.4) is 0 Å². The van der Waals surface area contributed by atoms with Gasteiger partial charge in [0.15, 0.2) is 0 Å². The number of esters is 1. The number of methoxy groups -OCH3 is 1. The molecule has 1 saturated heterocycles. The largest absolute Gasteiger partial charge is 0.464 e. The fourth-order valence-electron chi connectivity index (χ4n) is 8.53. The first-order valence-corrected chi connectivity index (χ1v) is 21.5. The van der Waals surface area contributed by atoms with E-state index in [4.69, 9.17) is 19.4 Å². The molecule has 3 aromatic heterocycles. The Bertz CT molecular complexity index is 2240. The van der Waals surface area contributed by atoms with Crippen LogP contribution in [0.25, 0.3) is 33.4 Å². The smallest absolute Gasteiger partial charge is 0.328 e. The summed E-state index contributed by atoms with van der Waals surface area (Å²) in [7, 11) is 3.89. The third-order valence-electron chi connectivity index (χ3n) is 12.2. The first-order chi connectivity index (χ1) is 27.8. The Kier molecular flexibility index (Phi) is 11.2. The van der Waals surface area contributed by atoms with Gasteiger partial charge in [-0.15, -0.1) is 11.3 Å². The highest BCUT2D eigenvalue weighted by molar-refractivity contribution is 7.10. The number of amides is 2. The van der Waals surface area contributed by atoms with Gasteiger partial charge < -0.3 is 29.2 Å². The van der Waals surface area contributed by atoms with Crippen LogP contribution in [0.2, 0.25) is 0 Å². The fourth-order valence-corrected chi connectivity index (χ4v) is 9.38. The molecular formula is C44H56N8O5S. The van der Waals surface area contributed by atoms with Crippen molar-refractivity contribution in [1.82, 2.24) is 35.2 Å². The van der Waals surface area contributed by atoms with E-state index < -0.39 is 23.5 Å². The summed E-state index contributed by atoms with van der Waals surface area (Å²) in [6, 6.07) is 7.10. The Morgan fingerprint density at radius 1 is 1.17 bits per heavy atom. The van der Waals surface area contributed by atoms with Gasteiger partial charge in [0.2, 0.25) is 5.91 Å². The number of hydrazine groups is 1. The summed E-state index contributed by atoms with van der Waals surface area (Å²) in [5.41, 5.74) is 10.7. The van der Waals surface area contributed by atoms with Gasteiger partial charge in [0, 0.05) is 85.0 Å². The van der Waals surface area contributed by atoms with Gasteiger partial charge in [-0.3, -0.25) is 19.6 Å². The minimum Gasteiger partial charge on any atom is -0.464 e. The molecule has 4 aliphatic rings. The quantitative estimate of drug-likeness (QED) is 0.185. The standard InChI is InChI=1S/C44H56N8O5S/c1-8-51-37-12-11-28-19-31(37)33(40(51)32-20-29(23-45-39(32)27(3)56-7)50-16-14-49(6)15-17-50)22-44(4,5)25-57-43(55)34-10-9-13-52(48-34)42(54)35(21-38-46-36(28)24-58-38)47-41(53)30-18-26(30)2/h9-12,19-20,23-24,26-27,30,34-35,48H,8,13-18,21-22,25H2,1-7H3,(H,47,53).